The van der Waals surface area contributed by atoms with E-state index < -0.39 is 0 Å². The van der Waals surface area contributed by atoms with Crippen LogP contribution < -0.4 is 5.73 Å². The Morgan fingerprint density at radius 1 is 1.00 bits per heavy atom. The molecule has 1 atom stereocenters. The van der Waals surface area contributed by atoms with Crippen molar-refractivity contribution in [2.45, 2.75) is 45.6 Å². The molecule has 2 N–H and O–H groups in total. The number of rotatable bonds is 3. The highest BCUT2D eigenvalue weighted by atomic mass is 14.7. The second-order valence-electron chi connectivity index (χ2n) is 6.86. The molecular formula is C19H26N2. The molecule has 0 spiro atoms. The van der Waals surface area contributed by atoms with Crippen molar-refractivity contribution in [1.29, 1.82) is 0 Å². The third-order valence-electron chi connectivity index (χ3n) is 5.31. The van der Waals surface area contributed by atoms with Crippen LogP contribution in [0.3, 0.4) is 0 Å². The zero-order valence-electron chi connectivity index (χ0n) is 13.1. The highest BCUT2D eigenvalue weighted by Crippen LogP contribution is 2.39. The van der Waals surface area contributed by atoms with E-state index in [2.05, 4.69) is 43.1 Å². The van der Waals surface area contributed by atoms with Gasteiger partial charge in [-0.3, -0.25) is 4.98 Å². The predicted molar refractivity (Wildman–Crippen MR) is 89.0 cm³/mol. The first-order chi connectivity index (χ1) is 10.2. The van der Waals surface area contributed by atoms with Gasteiger partial charge < -0.3 is 5.73 Å². The Balaban J connectivity index is 1.80. The van der Waals surface area contributed by atoms with E-state index in [9.17, 15) is 0 Å². The van der Waals surface area contributed by atoms with Crippen molar-refractivity contribution in [2.75, 3.05) is 0 Å². The van der Waals surface area contributed by atoms with E-state index in [0.717, 1.165) is 17.4 Å². The number of nitrogens with zero attached hydrogens (tertiary/aromatic N) is 1. The lowest BCUT2D eigenvalue weighted by Crippen LogP contribution is -2.27. The molecule has 0 saturated heterocycles. The maximum Gasteiger partial charge on any atom is 0.0705 e. The van der Waals surface area contributed by atoms with E-state index in [4.69, 9.17) is 5.73 Å². The minimum Gasteiger partial charge on any atom is -0.324 e. The molecule has 1 aromatic carbocycles. The molecule has 0 bridgehead atoms. The fraction of sp³-hybridized carbons (Fsp3) is 0.526. The van der Waals surface area contributed by atoms with E-state index in [1.165, 1.54) is 36.6 Å². The number of pyridine rings is 1. The molecule has 3 rings (SSSR count). The van der Waals surface area contributed by atoms with E-state index in [-0.39, 0.29) is 6.04 Å². The molecule has 2 aromatic rings. The van der Waals surface area contributed by atoms with Gasteiger partial charge in [0.2, 0.25) is 0 Å². The minimum atomic E-state index is 0.144. The summed E-state index contributed by atoms with van der Waals surface area (Å²) in [5.74, 6) is 2.32. The quantitative estimate of drug-likeness (QED) is 0.886. The zero-order chi connectivity index (χ0) is 14.8. The van der Waals surface area contributed by atoms with Gasteiger partial charge in [-0.1, -0.05) is 32.0 Å². The average Bonchev–Trinajstić information content (AvgIpc) is 2.53. The van der Waals surface area contributed by atoms with Crippen molar-refractivity contribution in [1.82, 2.24) is 4.98 Å². The topological polar surface area (TPSA) is 38.9 Å². The summed E-state index contributed by atoms with van der Waals surface area (Å²) in [7, 11) is 0. The number of hydrogen-bond acceptors (Lipinski definition) is 2. The van der Waals surface area contributed by atoms with Crippen molar-refractivity contribution in [3.63, 3.8) is 0 Å². The van der Waals surface area contributed by atoms with Crippen molar-refractivity contribution < 1.29 is 0 Å². The van der Waals surface area contributed by atoms with Gasteiger partial charge in [-0.15, -0.1) is 0 Å². The van der Waals surface area contributed by atoms with Crippen LogP contribution in [-0.2, 0) is 0 Å². The third kappa shape index (κ3) is 2.96. The molecule has 2 heteroatoms. The Morgan fingerprint density at radius 2 is 1.71 bits per heavy atom. The summed E-state index contributed by atoms with van der Waals surface area (Å²) in [6.07, 6.45) is 7.05. The maximum absolute atomic E-state index is 6.63. The Kier molecular flexibility index (Phi) is 4.25. The molecule has 1 saturated carbocycles. The fourth-order valence-corrected chi connectivity index (χ4v) is 3.84. The van der Waals surface area contributed by atoms with Gasteiger partial charge in [-0.25, -0.2) is 0 Å². The van der Waals surface area contributed by atoms with Crippen LogP contribution in [0.5, 0.6) is 0 Å². The molecule has 1 aliphatic rings. The predicted octanol–water partition coefficient (Wildman–Crippen LogP) is 4.70. The van der Waals surface area contributed by atoms with Crippen LogP contribution in [0.1, 0.15) is 51.1 Å². The van der Waals surface area contributed by atoms with Crippen molar-refractivity contribution in [3.8, 4) is 0 Å². The normalized spacial score (nSPS) is 24.4. The molecule has 0 aliphatic heterocycles. The molecule has 1 aliphatic carbocycles. The summed E-state index contributed by atoms with van der Waals surface area (Å²) < 4.78 is 0. The second-order valence-corrected chi connectivity index (χ2v) is 6.86. The molecule has 112 valence electrons. The standard InChI is InChI=1S/C19H26N2/c1-13(2)14-8-10-15(11-9-14)19(20)17-5-3-7-18-16(17)6-4-12-21-18/h3-7,12-15,19H,8-11,20H2,1-2H3. The van der Waals surface area contributed by atoms with E-state index in [1.807, 2.05) is 12.3 Å². The Bertz CT molecular complexity index is 592. The smallest absolute Gasteiger partial charge is 0.0705 e. The fourth-order valence-electron chi connectivity index (χ4n) is 3.84. The Labute approximate surface area is 127 Å². The third-order valence-corrected chi connectivity index (χ3v) is 5.31. The van der Waals surface area contributed by atoms with Crippen LogP contribution in [0.2, 0.25) is 0 Å². The van der Waals surface area contributed by atoms with Crippen molar-refractivity contribution in [2.24, 2.45) is 23.5 Å². The number of nitrogens with two attached hydrogens (primary N) is 1. The van der Waals surface area contributed by atoms with Gasteiger partial charge in [0, 0.05) is 17.6 Å². The van der Waals surface area contributed by atoms with Gasteiger partial charge in [0.15, 0.2) is 0 Å². The first-order valence-electron chi connectivity index (χ1n) is 8.26. The maximum atomic E-state index is 6.63. The minimum absolute atomic E-state index is 0.144. The van der Waals surface area contributed by atoms with E-state index >= 15 is 0 Å². The largest absolute Gasteiger partial charge is 0.324 e. The lowest BCUT2D eigenvalue weighted by atomic mass is 9.73. The number of benzene rings is 1. The molecular weight excluding hydrogens is 256 g/mol. The summed E-state index contributed by atoms with van der Waals surface area (Å²) in [5, 5.41) is 1.22. The van der Waals surface area contributed by atoms with Crippen LogP contribution >= 0.6 is 0 Å². The van der Waals surface area contributed by atoms with Crippen LogP contribution in [0.15, 0.2) is 36.5 Å². The summed E-state index contributed by atoms with van der Waals surface area (Å²) in [5.41, 5.74) is 8.96. The van der Waals surface area contributed by atoms with Gasteiger partial charge in [0.1, 0.15) is 0 Å². The Hall–Kier alpha value is -1.41. The molecule has 0 radical (unpaired) electrons. The van der Waals surface area contributed by atoms with Gasteiger partial charge >= 0.3 is 0 Å². The van der Waals surface area contributed by atoms with Crippen LogP contribution in [0, 0.1) is 17.8 Å². The lowest BCUT2D eigenvalue weighted by Gasteiger charge is -2.34. The molecule has 2 nitrogen and oxygen atoms in total. The van der Waals surface area contributed by atoms with Gasteiger partial charge in [0.05, 0.1) is 5.52 Å². The van der Waals surface area contributed by atoms with Crippen LogP contribution in [0.4, 0.5) is 0 Å². The molecule has 1 fully saturated rings. The van der Waals surface area contributed by atoms with Crippen LogP contribution in [0.25, 0.3) is 10.9 Å². The SMILES string of the molecule is CC(C)C1CCC(C(N)c2cccc3ncccc23)CC1. The number of aromatic nitrogens is 1. The van der Waals surface area contributed by atoms with Gasteiger partial charge in [0.25, 0.3) is 0 Å². The number of fused-ring (bicyclic) bond motifs is 1. The molecule has 1 heterocycles. The average molecular weight is 282 g/mol. The molecule has 1 unspecified atom stereocenters. The second kappa shape index (κ2) is 6.15. The lowest BCUT2D eigenvalue weighted by molar-refractivity contribution is 0.204. The highest BCUT2D eigenvalue weighted by Gasteiger charge is 2.28. The first kappa shape index (κ1) is 14.5. The molecule has 21 heavy (non-hydrogen) atoms. The van der Waals surface area contributed by atoms with Gasteiger partial charge in [-0.2, -0.15) is 0 Å². The zero-order valence-corrected chi connectivity index (χ0v) is 13.1. The summed E-state index contributed by atoms with van der Waals surface area (Å²) in [6.45, 7) is 4.70. The van der Waals surface area contributed by atoms with E-state index in [0.29, 0.717) is 5.92 Å². The highest BCUT2D eigenvalue weighted by molar-refractivity contribution is 5.82. The van der Waals surface area contributed by atoms with E-state index in [1.54, 1.807) is 0 Å². The summed E-state index contributed by atoms with van der Waals surface area (Å²) in [6, 6.07) is 10.6. The van der Waals surface area contributed by atoms with Crippen LogP contribution in [-0.4, -0.2) is 4.98 Å². The van der Waals surface area contributed by atoms with Gasteiger partial charge in [-0.05, 0) is 61.1 Å². The monoisotopic (exact) mass is 282 g/mol. The summed E-state index contributed by atoms with van der Waals surface area (Å²) >= 11 is 0. The first-order valence-corrected chi connectivity index (χ1v) is 8.26. The molecule has 0 amide bonds. The molecule has 1 aromatic heterocycles. The number of hydrogen-bond donors (Lipinski definition) is 1. The summed E-state index contributed by atoms with van der Waals surface area (Å²) in [4.78, 5) is 4.45. The van der Waals surface area contributed by atoms with Crippen molar-refractivity contribution in [3.05, 3.63) is 42.1 Å². The Morgan fingerprint density at radius 3 is 2.43 bits per heavy atom. The van der Waals surface area contributed by atoms with Crippen molar-refractivity contribution >= 4 is 10.9 Å².